The van der Waals surface area contributed by atoms with E-state index in [1.54, 1.807) is 6.26 Å². The molecular weight excluding hydrogens is 292 g/mol. The summed E-state index contributed by atoms with van der Waals surface area (Å²) in [6.07, 6.45) is 9.29. The average Bonchev–Trinajstić information content (AvgIpc) is 3.26. The van der Waals surface area contributed by atoms with E-state index in [4.69, 9.17) is 4.42 Å². The van der Waals surface area contributed by atoms with Crippen LogP contribution in [0.4, 0.5) is 4.79 Å². The van der Waals surface area contributed by atoms with Crippen molar-refractivity contribution in [3.63, 3.8) is 0 Å². The van der Waals surface area contributed by atoms with Gasteiger partial charge in [-0.25, -0.2) is 9.78 Å². The van der Waals surface area contributed by atoms with Crippen molar-refractivity contribution in [2.75, 3.05) is 19.6 Å². The molecule has 1 saturated heterocycles. The summed E-state index contributed by atoms with van der Waals surface area (Å²) in [7, 11) is 0. The lowest BCUT2D eigenvalue weighted by molar-refractivity contribution is 0.166. The molecule has 1 atom stereocenters. The average molecular weight is 316 g/mol. The summed E-state index contributed by atoms with van der Waals surface area (Å²) in [6.45, 7) is 4.27. The van der Waals surface area contributed by atoms with E-state index < -0.39 is 0 Å². The SMILES string of the molecule is CCc1nccn1C1CCCN(C(=O)NCCc2ccco2)C1. The molecule has 3 rings (SSSR count). The van der Waals surface area contributed by atoms with Crippen molar-refractivity contribution < 1.29 is 9.21 Å². The highest BCUT2D eigenvalue weighted by Crippen LogP contribution is 2.23. The number of aryl methyl sites for hydroxylation is 1. The van der Waals surface area contributed by atoms with E-state index in [2.05, 4.69) is 21.8 Å². The zero-order valence-electron chi connectivity index (χ0n) is 13.6. The van der Waals surface area contributed by atoms with Gasteiger partial charge in [0.15, 0.2) is 0 Å². The highest BCUT2D eigenvalue weighted by molar-refractivity contribution is 5.74. The van der Waals surface area contributed by atoms with Crippen LogP contribution in [0.1, 0.15) is 37.4 Å². The monoisotopic (exact) mass is 316 g/mol. The predicted molar refractivity (Wildman–Crippen MR) is 87.3 cm³/mol. The minimum absolute atomic E-state index is 0.0134. The van der Waals surface area contributed by atoms with Crippen LogP contribution < -0.4 is 5.32 Å². The number of rotatable bonds is 5. The van der Waals surface area contributed by atoms with Crippen LogP contribution in [0.2, 0.25) is 0 Å². The normalized spacial score (nSPS) is 18.1. The minimum atomic E-state index is 0.0134. The van der Waals surface area contributed by atoms with Crippen molar-refractivity contribution >= 4 is 6.03 Å². The Bertz CT molecular complexity index is 620. The molecular formula is C17H24N4O2. The minimum Gasteiger partial charge on any atom is -0.469 e. The summed E-state index contributed by atoms with van der Waals surface area (Å²) >= 11 is 0. The van der Waals surface area contributed by atoms with Crippen molar-refractivity contribution in [2.24, 2.45) is 0 Å². The Labute approximate surface area is 136 Å². The number of likely N-dealkylation sites (tertiary alicyclic amines) is 1. The second-order valence-electron chi connectivity index (χ2n) is 5.91. The van der Waals surface area contributed by atoms with Crippen LogP contribution in [0.3, 0.4) is 0 Å². The van der Waals surface area contributed by atoms with E-state index in [9.17, 15) is 4.79 Å². The van der Waals surface area contributed by atoms with E-state index in [-0.39, 0.29) is 6.03 Å². The lowest BCUT2D eigenvalue weighted by atomic mass is 10.1. The maximum atomic E-state index is 12.4. The lowest BCUT2D eigenvalue weighted by Crippen LogP contribution is -2.46. The van der Waals surface area contributed by atoms with Crippen LogP contribution in [0.15, 0.2) is 35.2 Å². The third-order valence-corrected chi connectivity index (χ3v) is 4.37. The number of carbonyl (C=O) groups excluding carboxylic acids is 1. The Morgan fingerprint density at radius 3 is 3.22 bits per heavy atom. The van der Waals surface area contributed by atoms with Gasteiger partial charge in [-0.05, 0) is 25.0 Å². The van der Waals surface area contributed by atoms with Gasteiger partial charge in [0.1, 0.15) is 11.6 Å². The molecule has 0 bridgehead atoms. The molecule has 3 heterocycles. The van der Waals surface area contributed by atoms with Crippen LogP contribution in [0.25, 0.3) is 0 Å². The number of imidazole rings is 1. The molecule has 23 heavy (non-hydrogen) atoms. The van der Waals surface area contributed by atoms with Crippen LogP contribution in [-0.2, 0) is 12.8 Å². The standard InChI is InChI=1S/C17H24N4O2/c1-2-16-18-9-11-21(16)14-5-3-10-20(13-14)17(22)19-8-7-15-6-4-12-23-15/h4,6,9,11-12,14H,2-3,5,7-8,10,13H2,1H3,(H,19,22). The zero-order chi connectivity index (χ0) is 16.1. The summed E-state index contributed by atoms with van der Waals surface area (Å²) < 4.78 is 7.50. The van der Waals surface area contributed by atoms with Crippen LogP contribution in [0, 0.1) is 0 Å². The van der Waals surface area contributed by atoms with Gasteiger partial charge in [0.05, 0.1) is 12.3 Å². The molecule has 0 radical (unpaired) electrons. The van der Waals surface area contributed by atoms with Crippen LogP contribution >= 0.6 is 0 Å². The first kappa shape index (κ1) is 15.6. The van der Waals surface area contributed by atoms with Gasteiger partial charge in [-0.2, -0.15) is 0 Å². The van der Waals surface area contributed by atoms with E-state index in [0.29, 0.717) is 12.6 Å². The lowest BCUT2D eigenvalue weighted by Gasteiger charge is -2.34. The summed E-state index contributed by atoms with van der Waals surface area (Å²) in [6, 6.07) is 4.13. The summed E-state index contributed by atoms with van der Waals surface area (Å²) in [5.41, 5.74) is 0. The Hall–Kier alpha value is -2.24. The van der Waals surface area contributed by atoms with E-state index in [0.717, 1.165) is 50.4 Å². The van der Waals surface area contributed by atoms with Crippen molar-refractivity contribution in [1.82, 2.24) is 19.8 Å². The van der Waals surface area contributed by atoms with Gasteiger partial charge in [-0.15, -0.1) is 0 Å². The van der Waals surface area contributed by atoms with Gasteiger partial charge < -0.3 is 19.2 Å². The van der Waals surface area contributed by atoms with Crippen molar-refractivity contribution in [1.29, 1.82) is 0 Å². The number of urea groups is 1. The van der Waals surface area contributed by atoms with E-state index >= 15 is 0 Å². The van der Waals surface area contributed by atoms with Gasteiger partial charge in [0.25, 0.3) is 0 Å². The van der Waals surface area contributed by atoms with Gasteiger partial charge in [0, 0.05) is 44.9 Å². The molecule has 0 spiro atoms. The molecule has 124 valence electrons. The first-order valence-corrected chi connectivity index (χ1v) is 8.34. The number of hydrogen-bond acceptors (Lipinski definition) is 3. The number of aromatic nitrogens is 2. The highest BCUT2D eigenvalue weighted by Gasteiger charge is 2.25. The largest absolute Gasteiger partial charge is 0.469 e. The second-order valence-corrected chi connectivity index (χ2v) is 5.91. The smallest absolute Gasteiger partial charge is 0.317 e. The summed E-state index contributed by atoms with van der Waals surface area (Å²) in [5.74, 6) is 1.99. The number of furan rings is 1. The quantitative estimate of drug-likeness (QED) is 0.922. The molecule has 1 fully saturated rings. The number of piperidine rings is 1. The van der Waals surface area contributed by atoms with Crippen LogP contribution in [-0.4, -0.2) is 40.1 Å². The van der Waals surface area contributed by atoms with Crippen molar-refractivity contribution in [2.45, 2.75) is 38.6 Å². The molecule has 6 heteroatoms. The molecule has 1 unspecified atom stereocenters. The van der Waals surface area contributed by atoms with Gasteiger partial charge >= 0.3 is 6.03 Å². The van der Waals surface area contributed by atoms with Gasteiger partial charge in [-0.3, -0.25) is 0 Å². The maximum Gasteiger partial charge on any atom is 0.317 e. The molecule has 2 amide bonds. The molecule has 0 aliphatic carbocycles. The van der Waals surface area contributed by atoms with E-state index in [1.807, 2.05) is 29.4 Å². The number of nitrogens with zero attached hydrogens (tertiary/aromatic N) is 3. The summed E-state index contributed by atoms with van der Waals surface area (Å²) in [5, 5.41) is 2.99. The molecule has 2 aromatic rings. The first-order chi connectivity index (χ1) is 11.3. The summed E-state index contributed by atoms with van der Waals surface area (Å²) in [4.78, 5) is 18.7. The highest BCUT2D eigenvalue weighted by atomic mass is 16.3. The van der Waals surface area contributed by atoms with Gasteiger partial charge in [0.2, 0.25) is 0 Å². The molecule has 6 nitrogen and oxygen atoms in total. The number of amides is 2. The predicted octanol–water partition coefficient (Wildman–Crippen LogP) is 2.63. The Morgan fingerprint density at radius 2 is 2.43 bits per heavy atom. The number of carbonyl (C=O) groups is 1. The number of hydrogen-bond donors (Lipinski definition) is 1. The maximum absolute atomic E-state index is 12.4. The van der Waals surface area contributed by atoms with E-state index in [1.165, 1.54) is 0 Å². The fourth-order valence-electron chi connectivity index (χ4n) is 3.18. The molecule has 2 aromatic heterocycles. The topological polar surface area (TPSA) is 63.3 Å². The molecule has 1 N–H and O–H groups in total. The Morgan fingerprint density at radius 1 is 1.52 bits per heavy atom. The second kappa shape index (κ2) is 7.35. The fourth-order valence-corrected chi connectivity index (χ4v) is 3.18. The fraction of sp³-hybridized carbons (Fsp3) is 0.529. The van der Waals surface area contributed by atoms with Gasteiger partial charge in [-0.1, -0.05) is 6.92 Å². The first-order valence-electron chi connectivity index (χ1n) is 8.34. The Balaban J connectivity index is 1.52. The molecule has 1 aliphatic rings. The number of nitrogens with one attached hydrogen (secondary N) is 1. The van der Waals surface area contributed by atoms with Crippen LogP contribution in [0.5, 0.6) is 0 Å². The zero-order valence-corrected chi connectivity index (χ0v) is 13.6. The third kappa shape index (κ3) is 3.75. The molecule has 0 saturated carbocycles. The van der Waals surface area contributed by atoms with Crippen molar-refractivity contribution in [3.05, 3.63) is 42.4 Å². The third-order valence-electron chi connectivity index (χ3n) is 4.37. The Kier molecular flexibility index (Phi) is 5.00. The molecule has 1 aliphatic heterocycles. The molecule has 0 aromatic carbocycles. The van der Waals surface area contributed by atoms with Crippen molar-refractivity contribution in [3.8, 4) is 0 Å².